The molecule has 5 nitrogen and oxygen atoms in total. The van der Waals surface area contributed by atoms with Crippen LogP contribution in [-0.4, -0.2) is 15.2 Å². The maximum absolute atomic E-state index is 11.8. The van der Waals surface area contributed by atoms with Crippen molar-refractivity contribution in [3.63, 3.8) is 0 Å². The minimum Gasteiger partial charge on any atom is -0.463 e. The molecule has 0 aliphatic carbocycles. The fourth-order valence-corrected chi connectivity index (χ4v) is 2.62. The lowest BCUT2D eigenvalue weighted by molar-refractivity contribution is 0.0992. The van der Waals surface area contributed by atoms with Crippen LogP contribution in [0, 0.1) is 11.3 Å². The third-order valence-electron chi connectivity index (χ3n) is 2.55. The molecule has 0 aromatic carbocycles. The monoisotopic (exact) mass is 257 g/mol. The first-order chi connectivity index (χ1) is 8.81. The summed E-state index contributed by atoms with van der Waals surface area (Å²) in [4.78, 5) is 16.7. The van der Waals surface area contributed by atoms with Gasteiger partial charge in [-0.25, -0.2) is 4.98 Å². The van der Waals surface area contributed by atoms with Gasteiger partial charge in [-0.1, -0.05) is 0 Å². The van der Waals surface area contributed by atoms with Gasteiger partial charge in [0.05, 0.1) is 18.5 Å². The van der Waals surface area contributed by atoms with Crippen molar-refractivity contribution < 1.29 is 9.21 Å². The molecule has 0 saturated heterocycles. The minimum atomic E-state index is -0.240. The van der Waals surface area contributed by atoms with Crippen molar-refractivity contribution in [1.82, 2.24) is 9.38 Å². The summed E-state index contributed by atoms with van der Waals surface area (Å²) in [6, 6.07) is 5.46. The number of Topliss-reactive ketones (excluding diaryl/α,β-unsaturated/α-hetero) is 1. The lowest BCUT2D eigenvalue weighted by Gasteiger charge is -1.98. The number of furan rings is 1. The lowest BCUT2D eigenvalue weighted by atomic mass is 10.2. The largest absolute Gasteiger partial charge is 0.463 e. The number of fused-ring (bicyclic) bond motifs is 1. The Balaban J connectivity index is 2.20. The summed E-state index contributed by atoms with van der Waals surface area (Å²) in [7, 11) is 0. The van der Waals surface area contributed by atoms with Crippen LogP contribution in [-0.2, 0) is 0 Å². The summed E-state index contributed by atoms with van der Waals surface area (Å²) in [5.41, 5.74) is 1.19. The van der Waals surface area contributed by atoms with E-state index in [4.69, 9.17) is 9.68 Å². The molecule has 0 atom stereocenters. The Kier molecular flexibility index (Phi) is 2.46. The van der Waals surface area contributed by atoms with E-state index in [-0.39, 0.29) is 12.2 Å². The summed E-state index contributed by atoms with van der Waals surface area (Å²) in [5.74, 6) is 0.432. The third kappa shape index (κ3) is 1.53. The molecule has 6 heteroatoms. The Morgan fingerprint density at radius 2 is 2.50 bits per heavy atom. The van der Waals surface area contributed by atoms with Crippen LogP contribution in [0.3, 0.4) is 0 Å². The van der Waals surface area contributed by atoms with Gasteiger partial charge in [-0.15, -0.1) is 11.3 Å². The molecule has 0 radical (unpaired) electrons. The van der Waals surface area contributed by atoms with Crippen molar-refractivity contribution in [3.05, 3.63) is 35.7 Å². The number of hydrogen-bond acceptors (Lipinski definition) is 5. The molecule has 0 bridgehead atoms. The smallest absolute Gasteiger partial charge is 0.195 e. The van der Waals surface area contributed by atoms with E-state index in [1.165, 1.54) is 17.5 Å². The summed E-state index contributed by atoms with van der Waals surface area (Å²) < 4.78 is 7.06. The number of nitrogens with zero attached hydrogens (tertiary/aromatic N) is 3. The van der Waals surface area contributed by atoms with E-state index in [1.54, 1.807) is 16.7 Å². The number of carbonyl (C=O) groups is 1. The molecule has 3 aromatic rings. The molecular formula is C12H7N3O2S. The average Bonchev–Trinajstić information content (AvgIpc) is 3.05. The van der Waals surface area contributed by atoms with Crippen molar-refractivity contribution in [2.75, 3.05) is 0 Å². The van der Waals surface area contributed by atoms with Crippen LogP contribution in [0.25, 0.3) is 16.4 Å². The number of aromatic nitrogens is 2. The van der Waals surface area contributed by atoms with E-state index in [0.717, 1.165) is 5.69 Å². The highest BCUT2D eigenvalue weighted by molar-refractivity contribution is 7.15. The molecule has 0 saturated carbocycles. The first-order valence-electron chi connectivity index (χ1n) is 5.20. The second kappa shape index (κ2) is 4.13. The zero-order valence-corrected chi connectivity index (χ0v) is 9.98. The number of carbonyl (C=O) groups excluding carboxylic acids is 1. The predicted molar refractivity (Wildman–Crippen MR) is 65.3 cm³/mol. The fourth-order valence-electron chi connectivity index (χ4n) is 1.76. The topological polar surface area (TPSA) is 71.3 Å². The van der Waals surface area contributed by atoms with Crippen molar-refractivity contribution in [2.24, 2.45) is 0 Å². The van der Waals surface area contributed by atoms with Gasteiger partial charge in [0.15, 0.2) is 16.5 Å². The van der Waals surface area contributed by atoms with Crippen LogP contribution in [0.5, 0.6) is 0 Å². The molecular weight excluding hydrogens is 250 g/mol. The van der Waals surface area contributed by atoms with Crippen LogP contribution in [0.4, 0.5) is 0 Å². The molecule has 3 rings (SSSR count). The number of thiazole rings is 1. The molecule has 3 heterocycles. The first kappa shape index (κ1) is 10.7. The van der Waals surface area contributed by atoms with Crippen LogP contribution in [0.15, 0.2) is 34.4 Å². The fraction of sp³-hybridized carbons (Fsp3) is 0.0833. The summed E-state index contributed by atoms with van der Waals surface area (Å²) in [6.45, 7) is 0. The van der Waals surface area contributed by atoms with E-state index < -0.39 is 0 Å². The molecule has 18 heavy (non-hydrogen) atoms. The number of hydrogen-bond donors (Lipinski definition) is 0. The summed E-state index contributed by atoms with van der Waals surface area (Å²) in [6.07, 6.45) is 2.92. The van der Waals surface area contributed by atoms with Crippen LogP contribution in [0.2, 0.25) is 0 Å². The Morgan fingerprint density at radius 1 is 1.61 bits per heavy atom. The van der Waals surface area contributed by atoms with Gasteiger partial charge in [0.25, 0.3) is 0 Å². The zero-order chi connectivity index (χ0) is 12.5. The van der Waals surface area contributed by atoms with Crippen molar-refractivity contribution in [2.45, 2.75) is 6.42 Å². The third-order valence-corrected chi connectivity index (χ3v) is 3.39. The van der Waals surface area contributed by atoms with Gasteiger partial charge in [-0.2, -0.15) is 5.26 Å². The second-order valence-electron chi connectivity index (χ2n) is 3.62. The van der Waals surface area contributed by atoms with Gasteiger partial charge >= 0.3 is 0 Å². The van der Waals surface area contributed by atoms with Gasteiger partial charge in [0, 0.05) is 5.38 Å². The number of ketones is 1. The normalized spacial score (nSPS) is 10.6. The van der Waals surface area contributed by atoms with E-state index in [9.17, 15) is 4.79 Å². The molecule has 0 aliphatic heterocycles. The summed E-state index contributed by atoms with van der Waals surface area (Å²) in [5, 5.41) is 10.5. The van der Waals surface area contributed by atoms with E-state index in [1.807, 2.05) is 17.5 Å². The minimum absolute atomic E-state index is 0.152. The standard InChI is InChI=1S/C12H7N3O2S/c13-4-3-10(16)8-6-14-12-15(8)9(7-18-12)11-2-1-5-17-11/h1-2,5-7H,3H2. The predicted octanol–water partition coefficient (Wildman–Crippen LogP) is 2.75. The maximum Gasteiger partial charge on any atom is 0.195 e. The second-order valence-corrected chi connectivity index (χ2v) is 4.45. The Morgan fingerprint density at radius 3 is 3.22 bits per heavy atom. The maximum atomic E-state index is 11.8. The molecule has 0 N–H and O–H groups in total. The van der Waals surface area contributed by atoms with Crippen molar-refractivity contribution >= 4 is 22.1 Å². The van der Waals surface area contributed by atoms with E-state index in [2.05, 4.69) is 4.98 Å². The molecule has 0 unspecified atom stereocenters. The van der Waals surface area contributed by atoms with Crippen LogP contribution < -0.4 is 0 Å². The molecule has 0 spiro atoms. The van der Waals surface area contributed by atoms with Gasteiger partial charge in [0.2, 0.25) is 0 Å². The van der Waals surface area contributed by atoms with E-state index >= 15 is 0 Å². The Hall–Kier alpha value is -2.39. The SMILES string of the molecule is N#CCC(=O)c1cnc2scc(-c3ccco3)n12. The Bertz CT molecular complexity index is 746. The van der Waals surface area contributed by atoms with Crippen LogP contribution in [0.1, 0.15) is 16.9 Å². The van der Waals surface area contributed by atoms with Gasteiger partial charge in [-0.3, -0.25) is 9.20 Å². The van der Waals surface area contributed by atoms with E-state index in [0.29, 0.717) is 16.4 Å². The lowest BCUT2D eigenvalue weighted by Crippen LogP contribution is -2.02. The quantitative estimate of drug-likeness (QED) is 0.676. The zero-order valence-electron chi connectivity index (χ0n) is 9.16. The number of imidazole rings is 1. The molecule has 0 fully saturated rings. The van der Waals surface area contributed by atoms with Crippen molar-refractivity contribution in [3.8, 4) is 17.5 Å². The highest BCUT2D eigenvalue weighted by Gasteiger charge is 2.17. The van der Waals surface area contributed by atoms with Crippen LogP contribution >= 0.6 is 11.3 Å². The molecule has 0 amide bonds. The highest BCUT2D eigenvalue weighted by atomic mass is 32.1. The first-order valence-corrected chi connectivity index (χ1v) is 6.08. The number of nitriles is 1. The molecule has 88 valence electrons. The van der Waals surface area contributed by atoms with Gasteiger partial charge in [0.1, 0.15) is 17.8 Å². The molecule has 0 aliphatic rings. The number of rotatable bonds is 3. The highest BCUT2D eigenvalue weighted by Crippen LogP contribution is 2.27. The average molecular weight is 257 g/mol. The van der Waals surface area contributed by atoms with Crippen molar-refractivity contribution in [1.29, 1.82) is 5.26 Å². The Labute approximate surface area is 106 Å². The van der Waals surface area contributed by atoms with Gasteiger partial charge in [-0.05, 0) is 12.1 Å². The molecule has 3 aromatic heterocycles. The van der Waals surface area contributed by atoms with Gasteiger partial charge < -0.3 is 4.42 Å². The summed E-state index contributed by atoms with van der Waals surface area (Å²) >= 11 is 1.43.